The molecular weight excluding hydrogens is 419 g/mol. The van der Waals surface area contributed by atoms with E-state index in [1.54, 1.807) is 10.9 Å². The lowest BCUT2D eigenvalue weighted by molar-refractivity contribution is -0.139. The number of rotatable bonds is 7. The van der Waals surface area contributed by atoms with Gasteiger partial charge in [0.1, 0.15) is 0 Å². The van der Waals surface area contributed by atoms with E-state index < -0.39 is 31.7 Å². The molecule has 30 heavy (non-hydrogen) atoms. The van der Waals surface area contributed by atoms with Crippen molar-refractivity contribution in [3.8, 4) is 11.1 Å². The lowest BCUT2D eigenvalue weighted by atomic mass is 10.1. The molecule has 166 valence electrons. The number of ether oxygens (including phenoxy) is 1. The van der Waals surface area contributed by atoms with Crippen molar-refractivity contribution in [2.75, 3.05) is 27.7 Å². The van der Waals surface area contributed by atoms with Gasteiger partial charge >= 0.3 is 6.18 Å². The summed E-state index contributed by atoms with van der Waals surface area (Å²) in [6.07, 6.45) is -0.877. The average Bonchev–Trinajstić information content (AvgIpc) is 3.35. The monoisotopic (exact) mass is 445 g/mol. The number of hydrogen-bond acceptors (Lipinski definition) is 5. The minimum absolute atomic E-state index is 0.205. The van der Waals surface area contributed by atoms with Crippen LogP contribution in [0.3, 0.4) is 0 Å². The summed E-state index contributed by atoms with van der Waals surface area (Å²) in [5.74, 6) is 0. The lowest BCUT2D eigenvalue weighted by Crippen LogP contribution is -2.23. The second-order valence-corrected chi connectivity index (χ2v) is 10.0. The Morgan fingerprint density at radius 3 is 2.57 bits per heavy atom. The van der Waals surface area contributed by atoms with E-state index in [0.29, 0.717) is 24.9 Å². The van der Waals surface area contributed by atoms with Crippen LogP contribution in [0.5, 0.6) is 0 Å². The maximum absolute atomic E-state index is 13.8. The molecule has 0 aliphatic heterocycles. The van der Waals surface area contributed by atoms with Crippen LogP contribution in [-0.2, 0) is 27.3 Å². The highest BCUT2D eigenvalue weighted by molar-refractivity contribution is 7.92. The van der Waals surface area contributed by atoms with Crippen molar-refractivity contribution >= 4 is 9.84 Å². The van der Waals surface area contributed by atoms with Crippen LogP contribution in [0.4, 0.5) is 13.2 Å². The smallest absolute Gasteiger partial charge is 0.381 e. The van der Waals surface area contributed by atoms with Gasteiger partial charge in [0.05, 0.1) is 34.6 Å². The number of alkyl halides is 3. The summed E-state index contributed by atoms with van der Waals surface area (Å²) in [5, 5.41) is 3.31. The Labute approximate surface area is 174 Å². The van der Waals surface area contributed by atoms with E-state index in [4.69, 9.17) is 4.74 Å². The summed E-state index contributed by atoms with van der Waals surface area (Å²) in [6, 6.07) is 3.39. The van der Waals surface area contributed by atoms with Gasteiger partial charge in [0, 0.05) is 25.4 Å². The van der Waals surface area contributed by atoms with Crippen LogP contribution in [-0.4, -0.2) is 62.2 Å². The van der Waals surface area contributed by atoms with Gasteiger partial charge in [-0.25, -0.2) is 8.42 Å². The molecule has 2 atom stereocenters. The van der Waals surface area contributed by atoms with Crippen molar-refractivity contribution in [2.45, 2.75) is 48.2 Å². The highest BCUT2D eigenvalue weighted by Crippen LogP contribution is 2.40. The zero-order chi connectivity index (χ0) is 22.1. The summed E-state index contributed by atoms with van der Waals surface area (Å²) in [4.78, 5) is 1.31. The normalized spacial score (nSPS) is 20.2. The molecule has 0 saturated heterocycles. The van der Waals surface area contributed by atoms with Crippen LogP contribution in [0.2, 0.25) is 0 Å². The number of halogens is 3. The molecular formula is C20H26F3N3O3S. The number of sulfone groups is 1. The Hall–Kier alpha value is -1.91. The second-order valence-electron chi connectivity index (χ2n) is 7.84. The Morgan fingerprint density at radius 1 is 1.23 bits per heavy atom. The first kappa shape index (κ1) is 22.8. The van der Waals surface area contributed by atoms with Gasteiger partial charge in [-0.3, -0.25) is 4.68 Å². The van der Waals surface area contributed by atoms with E-state index in [9.17, 15) is 21.6 Å². The van der Waals surface area contributed by atoms with Gasteiger partial charge in [-0.1, -0.05) is 6.07 Å². The Bertz CT molecular complexity index is 987. The van der Waals surface area contributed by atoms with Gasteiger partial charge in [0.25, 0.3) is 0 Å². The van der Waals surface area contributed by atoms with Crippen LogP contribution >= 0.6 is 0 Å². The fourth-order valence-corrected chi connectivity index (χ4v) is 5.71. The van der Waals surface area contributed by atoms with E-state index in [0.717, 1.165) is 18.7 Å². The molecule has 2 aromatic rings. The molecule has 0 spiro atoms. The number of methoxy groups -OCH3 is 1. The topological polar surface area (TPSA) is 64.4 Å². The molecule has 0 N–H and O–H groups in total. The molecule has 3 rings (SSSR count). The summed E-state index contributed by atoms with van der Waals surface area (Å²) < 4.78 is 74.2. The molecule has 1 aliphatic rings. The predicted molar refractivity (Wildman–Crippen MR) is 107 cm³/mol. The first-order chi connectivity index (χ1) is 14.0. The standard InChI is InChI=1S/C20H26F3N3O3S/c1-25(2)8-9-26-13-15(12-24-26)14-4-7-19(18(10-14)20(21,22)23)30(27,28)17-6-5-16(11-17)29-3/h4,7,10,12-13,16-17H,5-6,8-9,11H2,1-3H3. The molecule has 0 radical (unpaired) electrons. The first-order valence-electron chi connectivity index (χ1n) is 9.68. The summed E-state index contributed by atoms with van der Waals surface area (Å²) in [7, 11) is 1.18. The third-order valence-corrected chi connectivity index (χ3v) is 7.72. The van der Waals surface area contributed by atoms with E-state index in [2.05, 4.69) is 5.10 Å². The van der Waals surface area contributed by atoms with Crippen molar-refractivity contribution in [3.63, 3.8) is 0 Å². The fourth-order valence-electron chi connectivity index (χ4n) is 3.69. The van der Waals surface area contributed by atoms with E-state index >= 15 is 0 Å². The highest BCUT2D eigenvalue weighted by Gasteiger charge is 2.42. The molecule has 10 heteroatoms. The maximum atomic E-state index is 13.8. The minimum atomic E-state index is -4.79. The van der Waals surface area contributed by atoms with Crippen LogP contribution in [0.15, 0.2) is 35.5 Å². The molecule has 1 heterocycles. The predicted octanol–water partition coefficient (Wildman–Crippen LogP) is 3.47. The number of benzene rings is 1. The van der Waals surface area contributed by atoms with E-state index in [1.165, 1.54) is 19.4 Å². The number of nitrogens with zero attached hydrogens (tertiary/aromatic N) is 3. The van der Waals surface area contributed by atoms with Crippen LogP contribution in [0, 0.1) is 0 Å². The Balaban J connectivity index is 1.95. The first-order valence-corrected chi connectivity index (χ1v) is 11.2. The quantitative estimate of drug-likeness (QED) is 0.653. The third kappa shape index (κ3) is 4.87. The maximum Gasteiger partial charge on any atom is 0.417 e. The van der Waals surface area contributed by atoms with Crippen molar-refractivity contribution in [3.05, 3.63) is 36.2 Å². The summed E-state index contributed by atoms with van der Waals surface area (Å²) in [5.41, 5.74) is -0.357. The van der Waals surface area contributed by atoms with Gasteiger partial charge in [-0.05, 0) is 51.1 Å². The van der Waals surface area contributed by atoms with E-state index in [1.807, 2.05) is 19.0 Å². The zero-order valence-electron chi connectivity index (χ0n) is 17.2. The molecule has 2 unspecified atom stereocenters. The Morgan fingerprint density at radius 2 is 1.97 bits per heavy atom. The SMILES string of the molecule is COC1CCC(S(=O)(=O)c2ccc(-c3cnn(CCN(C)C)c3)cc2C(F)(F)F)C1. The number of hydrogen-bond donors (Lipinski definition) is 0. The van der Waals surface area contributed by atoms with Gasteiger partial charge in [-0.15, -0.1) is 0 Å². The molecule has 1 saturated carbocycles. The van der Waals surface area contributed by atoms with Crippen LogP contribution < -0.4 is 0 Å². The average molecular weight is 446 g/mol. The van der Waals surface area contributed by atoms with Crippen molar-refractivity contribution < 1.29 is 26.3 Å². The second kappa shape index (κ2) is 8.68. The molecule has 1 aliphatic carbocycles. The molecule has 0 amide bonds. The van der Waals surface area contributed by atoms with Crippen molar-refractivity contribution in [1.29, 1.82) is 0 Å². The number of likely N-dealkylation sites (N-methyl/N-ethyl adjacent to an activating group) is 1. The van der Waals surface area contributed by atoms with Crippen LogP contribution in [0.25, 0.3) is 11.1 Å². The Kier molecular flexibility index (Phi) is 6.59. The summed E-state index contributed by atoms with van der Waals surface area (Å²) >= 11 is 0. The zero-order valence-corrected chi connectivity index (χ0v) is 18.0. The molecule has 0 bridgehead atoms. The highest BCUT2D eigenvalue weighted by atomic mass is 32.2. The fraction of sp³-hybridized carbons (Fsp3) is 0.550. The summed E-state index contributed by atoms with van der Waals surface area (Å²) in [6.45, 7) is 1.32. The molecule has 1 fully saturated rings. The van der Waals surface area contributed by atoms with Gasteiger partial charge in [0.15, 0.2) is 9.84 Å². The van der Waals surface area contributed by atoms with E-state index in [-0.39, 0.29) is 18.1 Å². The molecule has 1 aromatic heterocycles. The van der Waals surface area contributed by atoms with Crippen LogP contribution in [0.1, 0.15) is 24.8 Å². The third-order valence-electron chi connectivity index (χ3n) is 5.44. The lowest BCUT2D eigenvalue weighted by Gasteiger charge is -2.18. The van der Waals surface area contributed by atoms with Crippen molar-refractivity contribution in [2.24, 2.45) is 0 Å². The van der Waals surface area contributed by atoms with Gasteiger partial charge in [0.2, 0.25) is 0 Å². The molecule has 1 aromatic carbocycles. The minimum Gasteiger partial charge on any atom is -0.381 e. The largest absolute Gasteiger partial charge is 0.417 e. The van der Waals surface area contributed by atoms with Gasteiger partial charge in [-0.2, -0.15) is 18.3 Å². The molecule has 6 nitrogen and oxygen atoms in total. The van der Waals surface area contributed by atoms with Crippen molar-refractivity contribution in [1.82, 2.24) is 14.7 Å². The van der Waals surface area contributed by atoms with Gasteiger partial charge < -0.3 is 9.64 Å². The number of aromatic nitrogens is 2.